The topological polar surface area (TPSA) is 94.3 Å². The van der Waals surface area contributed by atoms with Crippen LogP contribution < -0.4 is 15.8 Å². The van der Waals surface area contributed by atoms with Crippen molar-refractivity contribution in [3.05, 3.63) is 40.9 Å². The lowest BCUT2D eigenvalue weighted by Crippen LogP contribution is -2.11. The van der Waals surface area contributed by atoms with Gasteiger partial charge in [-0.15, -0.1) is 0 Å². The molecule has 1 aromatic carbocycles. The number of rotatable bonds is 8. The highest BCUT2D eigenvalue weighted by molar-refractivity contribution is 7.17. The molecule has 0 fully saturated rings. The lowest BCUT2D eigenvalue weighted by Gasteiger charge is -2.06. The van der Waals surface area contributed by atoms with E-state index < -0.39 is 5.91 Å². The molecule has 1 aromatic heterocycles. The summed E-state index contributed by atoms with van der Waals surface area (Å²) in [5.74, 6) is -0.122. The first kappa shape index (κ1) is 17.0. The van der Waals surface area contributed by atoms with Crippen LogP contribution in [0.1, 0.15) is 46.2 Å². The van der Waals surface area contributed by atoms with Crippen molar-refractivity contribution in [3.63, 3.8) is 0 Å². The fourth-order valence-corrected chi connectivity index (χ4v) is 2.52. The van der Waals surface area contributed by atoms with Crippen LogP contribution in [0.2, 0.25) is 0 Å². The smallest absolute Gasteiger partial charge is 0.260 e. The number of unbranched alkanes of at least 4 members (excludes halogenated alkanes) is 2. The van der Waals surface area contributed by atoms with Gasteiger partial charge in [0.2, 0.25) is 0 Å². The molecule has 0 aliphatic rings. The Hall–Kier alpha value is -2.41. The summed E-state index contributed by atoms with van der Waals surface area (Å²) in [5, 5.41) is 2.97. The van der Waals surface area contributed by atoms with Gasteiger partial charge in [0.1, 0.15) is 10.6 Å². The molecule has 1 heterocycles. The number of hydrogen-bond donors (Lipinski definition) is 2. The van der Waals surface area contributed by atoms with Crippen molar-refractivity contribution in [1.29, 1.82) is 0 Å². The molecule has 6 nitrogen and oxygen atoms in total. The molecule has 7 heteroatoms. The minimum atomic E-state index is -0.562. The van der Waals surface area contributed by atoms with Crippen molar-refractivity contribution in [2.24, 2.45) is 5.73 Å². The minimum absolute atomic E-state index is 0.298. The third-order valence-electron chi connectivity index (χ3n) is 3.10. The highest BCUT2D eigenvalue weighted by Crippen LogP contribution is 2.19. The summed E-state index contributed by atoms with van der Waals surface area (Å²) in [6.07, 6.45) is 4.65. The number of nitrogens with two attached hydrogens (primary N) is 1. The first-order valence-corrected chi connectivity index (χ1v) is 8.21. The van der Waals surface area contributed by atoms with Crippen LogP contribution in [-0.4, -0.2) is 23.4 Å². The van der Waals surface area contributed by atoms with Crippen LogP contribution in [0.25, 0.3) is 0 Å². The Labute approximate surface area is 138 Å². The number of carbonyl (C=O) groups excluding carboxylic acids is 2. The lowest BCUT2D eigenvalue weighted by molar-refractivity contribution is 0.100. The van der Waals surface area contributed by atoms with Gasteiger partial charge >= 0.3 is 0 Å². The number of nitrogens with zero attached hydrogens (tertiary/aromatic N) is 1. The fourth-order valence-electron chi connectivity index (χ4n) is 1.86. The van der Waals surface area contributed by atoms with E-state index in [4.69, 9.17) is 10.5 Å². The number of amides is 2. The van der Waals surface area contributed by atoms with Crippen LogP contribution >= 0.6 is 11.3 Å². The van der Waals surface area contributed by atoms with Gasteiger partial charge in [0, 0.05) is 5.56 Å². The van der Waals surface area contributed by atoms with E-state index in [0.29, 0.717) is 22.2 Å². The number of aromatic nitrogens is 1. The molecule has 23 heavy (non-hydrogen) atoms. The monoisotopic (exact) mass is 333 g/mol. The zero-order valence-electron chi connectivity index (χ0n) is 12.9. The summed E-state index contributed by atoms with van der Waals surface area (Å²) >= 11 is 1.04. The van der Waals surface area contributed by atoms with Crippen LogP contribution in [0.3, 0.4) is 0 Å². The molecule has 0 atom stereocenters. The number of ether oxygens (including phenoxy) is 1. The molecule has 0 saturated carbocycles. The summed E-state index contributed by atoms with van der Waals surface area (Å²) in [6, 6.07) is 6.90. The maximum Gasteiger partial charge on any atom is 0.260 e. The van der Waals surface area contributed by atoms with E-state index >= 15 is 0 Å². The third-order valence-corrected chi connectivity index (χ3v) is 4.03. The van der Waals surface area contributed by atoms with E-state index in [1.807, 2.05) is 0 Å². The highest BCUT2D eigenvalue weighted by Gasteiger charge is 2.11. The highest BCUT2D eigenvalue weighted by atomic mass is 32.1. The average Bonchev–Trinajstić information content (AvgIpc) is 3.01. The standard InChI is InChI=1S/C16H19N3O3S/c1-2-3-4-9-22-12-7-5-11(6-8-12)15(21)19-16-18-10-13(23-16)14(17)20/h5-8,10H,2-4,9H2,1H3,(H2,17,20)(H,18,19,21). The van der Waals surface area contributed by atoms with Gasteiger partial charge in [-0.3, -0.25) is 14.9 Å². The molecule has 2 amide bonds. The van der Waals surface area contributed by atoms with Gasteiger partial charge < -0.3 is 10.5 Å². The number of anilines is 1. The van der Waals surface area contributed by atoms with Crippen LogP contribution in [0.15, 0.2) is 30.5 Å². The van der Waals surface area contributed by atoms with E-state index in [9.17, 15) is 9.59 Å². The molecule has 3 N–H and O–H groups in total. The maximum absolute atomic E-state index is 12.1. The predicted octanol–water partition coefficient (Wildman–Crippen LogP) is 3.06. The van der Waals surface area contributed by atoms with Crippen molar-refractivity contribution in [2.45, 2.75) is 26.2 Å². The molecule has 0 radical (unpaired) electrons. The Morgan fingerprint density at radius 3 is 2.61 bits per heavy atom. The molecule has 0 unspecified atom stereocenters. The molecule has 2 rings (SSSR count). The largest absolute Gasteiger partial charge is 0.494 e. The quantitative estimate of drug-likeness (QED) is 0.726. The molecule has 122 valence electrons. The zero-order valence-corrected chi connectivity index (χ0v) is 13.7. The Balaban J connectivity index is 1.90. The Morgan fingerprint density at radius 1 is 1.26 bits per heavy atom. The van der Waals surface area contributed by atoms with Crippen molar-refractivity contribution >= 4 is 28.3 Å². The molecular weight excluding hydrogens is 314 g/mol. The summed E-state index contributed by atoms with van der Waals surface area (Å²) in [6.45, 7) is 2.82. The van der Waals surface area contributed by atoms with E-state index in [1.165, 1.54) is 6.20 Å². The number of carbonyl (C=O) groups is 2. The van der Waals surface area contributed by atoms with Crippen molar-refractivity contribution in [2.75, 3.05) is 11.9 Å². The molecule has 0 aliphatic carbocycles. The summed E-state index contributed by atoms with van der Waals surface area (Å²) < 4.78 is 5.60. The second kappa shape index (κ2) is 8.28. The van der Waals surface area contributed by atoms with Crippen LogP contribution in [0.5, 0.6) is 5.75 Å². The number of nitrogens with one attached hydrogen (secondary N) is 1. The number of hydrogen-bond acceptors (Lipinski definition) is 5. The number of thiazole rings is 1. The molecular formula is C16H19N3O3S. The second-order valence-corrected chi connectivity index (χ2v) is 5.96. The average molecular weight is 333 g/mol. The van der Waals surface area contributed by atoms with Gasteiger partial charge in [0.15, 0.2) is 5.13 Å². The van der Waals surface area contributed by atoms with Crippen molar-refractivity contribution < 1.29 is 14.3 Å². The lowest BCUT2D eigenvalue weighted by atomic mass is 10.2. The minimum Gasteiger partial charge on any atom is -0.494 e. The van der Waals surface area contributed by atoms with Gasteiger partial charge in [-0.1, -0.05) is 31.1 Å². The molecule has 0 bridgehead atoms. The van der Waals surface area contributed by atoms with Crippen LogP contribution in [0, 0.1) is 0 Å². The number of benzene rings is 1. The van der Waals surface area contributed by atoms with Gasteiger partial charge in [-0.2, -0.15) is 0 Å². The second-order valence-electron chi connectivity index (χ2n) is 4.93. The van der Waals surface area contributed by atoms with Crippen molar-refractivity contribution in [3.8, 4) is 5.75 Å². The number of primary amides is 1. The molecule has 2 aromatic rings. The van der Waals surface area contributed by atoms with E-state index in [0.717, 1.165) is 36.3 Å². The molecule has 0 spiro atoms. The maximum atomic E-state index is 12.1. The summed E-state index contributed by atoms with van der Waals surface area (Å²) in [4.78, 5) is 27.3. The Bertz CT molecular complexity index is 667. The molecule has 0 saturated heterocycles. The van der Waals surface area contributed by atoms with Crippen LogP contribution in [0.4, 0.5) is 5.13 Å². The summed E-state index contributed by atoms with van der Waals surface area (Å²) in [7, 11) is 0. The third kappa shape index (κ3) is 5.07. The predicted molar refractivity (Wildman–Crippen MR) is 90.0 cm³/mol. The van der Waals surface area contributed by atoms with Crippen molar-refractivity contribution in [1.82, 2.24) is 4.98 Å². The Morgan fingerprint density at radius 2 is 2.00 bits per heavy atom. The Kier molecular flexibility index (Phi) is 6.10. The first-order chi connectivity index (χ1) is 11.1. The summed E-state index contributed by atoms with van der Waals surface area (Å²) in [5.41, 5.74) is 5.64. The van der Waals surface area contributed by atoms with E-state index in [-0.39, 0.29) is 5.91 Å². The van der Waals surface area contributed by atoms with E-state index in [2.05, 4.69) is 17.2 Å². The van der Waals surface area contributed by atoms with E-state index in [1.54, 1.807) is 24.3 Å². The normalized spacial score (nSPS) is 10.3. The fraction of sp³-hybridized carbons (Fsp3) is 0.312. The first-order valence-electron chi connectivity index (χ1n) is 7.40. The molecule has 0 aliphatic heterocycles. The van der Waals surface area contributed by atoms with Gasteiger partial charge in [0.05, 0.1) is 12.8 Å². The zero-order chi connectivity index (χ0) is 16.7. The SMILES string of the molecule is CCCCCOc1ccc(C(=O)Nc2ncc(C(N)=O)s2)cc1. The van der Waals surface area contributed by atoms with Gasteiger partial charge in [-0.25, -0.2) is 4.98 Å². The van der Waals surface area contributed by atoms with Crippen LogP contribution in [-0.2, 0) is 0 Å². The van der Waals surface area contributed by atoms with Gasteiger partial charge in [0.25, 0.3) is 11.8 Å². The van der Waals surface area contributed by atoms with Gasteiger partial charge in [-0.05, 0) is 30.7 Å².